The molecule has 0 aliphatic heterocycles. The van der Waals surface area contributed by atoms with Crippen molar-refractivity contribution in [2.75, 3.05) is 6.61 Å². The van der Waals surface area contributed by atoms with E-state index >= 15 is 0 Å². The monoisotopic (exact) mass is 882 g/mol. The Morgan fingerprint density at radius 3 is 0.921 bits per heavy atom. The Hall–Kier alpha value is -1.65. The Bertz CT molecular complexity index is 1000. The number of unbranched alkanes of at least 4 members (excludes halogenated alkanes) is 39. The Morgan fingerprint density at radius 1 is 0.365 bits per heavy atom. The first-order valence-corrected chi connectivity index (χ1v) is 28.4. The zero-order valence-electron chi connectivity index (χ0n) is 42.6. The van der Waals surface area contributed by atoms with Crippen LogP contribution in [-0.2, 0) is 4.79 Å². The summed E-state index contributed by atoms with van der Waals surface area (Å²) in [5.41, 5.74) is 0. The van der Waals surface area contributed by atoms with Gasteiger partial charge in [-0.25, -0.2) is 0 Å². The van der Waals surface area contributed by atoms with E-state index in [0.717, 1.165) is 38.5 Å². The molecule has 0 aromatic carbocycles. The summed E-state index contributed by atoms with van der Waals surface area (Å²) in [5.74, 6) is -0.0749. The molecule has 370 valence electrons. The minimum absolute atomic E-state index is 0.0749. The smallest absolute Gasteiger partial charge is 0.220 e. The minimum Gasteiger partial charge on any atom is -0.394 e. The molecule has 4 nitrogen and oxygen atoms in total. The van der Waals surface area contributed by atoms with Gasteiger partial charge in [0.05, 0.1) is 18.8 Å². The highest BCUT2D eigenvalue weighted by Crippen LogP contribution is 2.17. The van der Waals surface area contributed by atoms with Gasteiger partial charge in [-0.1, -0.05) is 274 Å². The van der Waals surface area contributed by atoms with Crippen LogP contribution >= 0.6 is 0 Å². The highest BCUT2D eigenvalue weighted by Gasteiger charge is 2.18. The molecular weight excluding hydrogens is 771 g/mol. The number of amides is 1. The fraction of sp³-hybridized carbons (Fsp3) is 0.847. The van der Waals surface area contributed by atoms with Gasteiger partial charge in [-0.3, -0.25) is 4.79 Å². The van der Waals surface area contributed by atoms with E-state index in [0.29, 0.717) is 6.42 Å². The van der Waals surface area contributed by atoms with E-state index in [-0.39, 0.29) is 12.5 Å². The van der Waals surface area contributed by atoms with Crippen LogP contribution in [0.4, 0.5) is 0 Å². The number of carbonyl (C=O) groups excluding carboxylic acids is 1. The lowest BCUT2D eigenvalue weighted by Gasteiger charge is -2.19. The third-order valence-electron chi connectivity index (χ3n) is 13.0. The molecule has 0 spiro atoms. The number of carbonyl (C=O) groups is 1. The highest BCUT2D eigenvalue weighted by atomic mass is 16.3. The first-order chi connectivity index (χ1) is 31.2. The maximum absolute atomic E-state index is 12.4. The molecule has 1 amide bonds. The van der Waals surface area contributed by atoms with Crippen LogP contribution in [0.5, 0.6) is 0 Å². The number of rotatable bonds is 52. The molecule has 0 aliphatic rings. The van der Waals surface area contributed by atoms with Crippen molar-refractivity contribution >= 4 is 5.91 Å². The number of hydrogen-bond acceptors (Lipinski definition) is 3. The quantitative estimate of drug-likeness (QED) is 0.0421. The summed E-state index contributed by atoms with van der Waals surface area (Å²) >= 11 is 0. The normalized spacial score (nSPS) is 13.1. The summed E-state index contributed by atoms with van der Waals surface area (Å²) in [4.78, 5) is 12.4. The molecule has 3 N–H and O–H groups in total. The molecule has 0 saturated carbocycles. The van der Waals surface area contributed by atoms with Crippen LogP contribution in [0.3, 0.4) is 0 Å². The lowest BCUT2D eigenvalue weighted by molar-refractivity contribution is -0.123. The van der Waals surface area contributed by atoms with Crippen molar-refractivity contribution < 1.29 is 15.0 Å². The van der Waals surface area contributed by atoms with Gasteiger partial charge < -0.3 is 15.5 Å². The molecule has 0 rings (SSSR count). The predicted octanol–water partition coefficient (Wildman–Crippen LogP) is 18.6. The zero-order valence-corrected chi connectivity index (χ0v) is 42.6. The summed E-state index contributed by atoms with van der Waals surface area (Å²) in [6.45, 7) is 4.30. The number of aliphatic hydroxyl groups is 2. The van der Waals surface area contributed by atoms with Crippen LogP contribution in [0.15, 0.2) is 48.6 Å². The van der Waals surface area contributed by atoms with Crippen molar-refractivity contribution in [2.45, 2.75) is 315 Å². The summed E-state index contributed by atoms with van der Waals surface area (Å²) < 4.78 is 0. The van der Waals surface area contributed by atoms with Crippen molar-refractivity contribution in [3.05, 3.63) is 48.6 Å². The summed E-state index contributed by atoms with van der Waals surface area (Å²) in [6, 6.07) is -0.645. The second-order valence-electron chi connectivity index (χ2n) is 19.3. The SMILES string of the molecule is CCCCCCCC/C=C/CC/C=C/CC/C=C/C(O)C(CO)NC(=O)CCCCCCCCCCCCCCCCCCC/C=C\CCCCCCCCCCCCCCCC. The van der Waals surface area contributed by atoms with Gasteiger partial charge in [0, 0.05) is 6.42 Å². The maximum atomic E-state index is 12.4. The van der Waals surface area contributed by atoms with Crippen molar-refractivity contribution in [3.63, 3.8) is 0 Å². The van der Waals surface area contributed by atoms with Gasteiger partial charge in [-0.15, -0.1) is 0 Å². The molecule has 0 heterocycles. The first kappa shape index (κ1) is 61.4. The lowest BCUT2D eigenvalue weighted by atomic mass is 10.0. The van der Waals surface area contributed by atoms with Crippen LogP contribution in [0.25, 0.3) is 0 Å². The first-order valence-electron chi connectivity index (χ1n) is 28.4. The van der Waals surface area contributed by atoms with Gasteiger partial charge in [-0.2, -0.15) is 0 Å². The average molecular weight is 883 g/mol. The Labute approximate surface area is 394 Å². The fourth-order valence-electron chi connectivity index (χ4n) is 8.68. The second kappa shape index (κ2) is 54.7. The van der Waals surface area contributed by atoms with Crippen molar-refractivity contribution in [2.24, 2.45) is 0 Å². The predicted molar refractivity (Wildman–Crippen MR) is 281 cm³/mol. The third-order valence-corrected chi connectivity index (χ3v) is 13.0. The lowest BCUT2D eigenvalue weighted by Crippen LogP contribution is -2.45. The van der Waals surface area contributed by atoms with Gasteiger partial charge in [0.1, 0.15) is 0 Å². The average Bonchev–Trinajstić information content (AvgIpc) is 3.29. The fourth-order valence-corrected chi connectivity index (χ4v) is 8.68. The Morgan fingerprint density at radius 2 is 0.619 bits per heavy atom. The van der Waals surface area contributed by atoms with E-state index in [1.807, 2.05) is 6.08 Å². The van der Waals surface area contributed by atoms with Crippen LogP contribution in [0.1, 0.15) is 303 Å². The van der Waals surface area contributed by atoms with Crippen molar-refractivity contribution in [1.82, 2.24) is 5.32 Å². The van der Waals surface area contributed by atoms with Crippen LogP contribution in [-0.4, -0.2) is 34.9 Å². The van der Waals surface area contributed by atoms with Gasteiger partial charge in [0.2, 0.25) is 5.91 Å². The van der Waals surface area contributed by atoms with E-state index in [1.165, 1.54) is 244 Å². The number of allylic oxidation sites excluding steroid dienone is 7. The zero-order chi connectivity index (χ0) is 45.6. The molecule has 0 radical (unpaired) electrons. The topological polar surface area (TPSA) is 69.6 Å². The molecule has 2 atom stereocenters. The van der Waals surface area contributed by atoms with E-state index < -0.39 is 12.1 Å². The molecular formula is C59H111NO3. The molecule has 4 heteroatoms. The molecule has 0 aromatic rings. The van der Waals surface area contributed by atoms with Crippen LogP contribution < -0.4 is 5.32 Å². The molecule has 0 bridgehead atoms. The van der Waals surface area contributed by atoms with Gasteiger partial charge in [0.25, 0.3) is 0 Å². The van der Waals surface area contributed by atoms with Crippen molar-refractivity contribution in [3.8, 4) is 0 Å². The van der Waals surface area contributed by atoms with E-state index in [1.54, 1.807) is 6.08 Å². The second-order valence-corrected chi connectivity index (χ2v) is 19.3. The minimum atomic E-state index is -0.870. The summed E-state index contributed by atoms with van der Waals surface area (Å²) in [7, 11) is 0. The number of hydrogen-bond donors (Lipinski definition) is 3. The van der Waals surface area contributed by atoms with E-state index in [2.05, 4.69) is 55.6 Å². The number of aliphatic hydroxyl groups excluding tert-OH is 2. The highest BCUT2D eigenvalue weighted by molar-refractivity contribution is 5.76. The van der Waals surface area contributed by atoms with Crippen molar-refractivity contribution in [1.29, 1.82) is 0 Å². The Kier molecular flexibility index (Phi) is 53.3. The van der Waals surface area contributed by atoms with Gasteiger partial charge in [0.15, 0.2) is 0 Å². The van der Waals surface area contributed by atoms with Crippen LogP contribution in [0.2, 0.25) is 0 Å². The summed E-state index contributed by atoms with van der Waals surface area (Å²) in [5, 5.41) is 23.1. The van der Waals surface area contributed by atoms with Crippen LogP contribution in [0, 0.1) is 0 Å². The van der Waals surface area contributed by atoms with Gasteiger partial charge in [-0.05, 0) is 70.6 Å². The molecule has 63 heavy (non-hydrogen) atoms. The number of nitrogens with one attached hydrogen (secondary N) is 1. The molecule has 0 aromatic heterocycles. The maximum Gasteiger partial charge on any atom is 0.220 e. The standard InChI is InChI=1S/C59H111NO3/c1-3-5-7-9-11-13-15-17-19-21-22-23-24-25-26-27-28-29-30-31-32-33-34-35-36-37-38-39-41-43-45-47-49-51-53-55-59(63)60-57(56-61)58(62)54-52-50-48-46-44-42-40-20-18-16-14-12-10-8-6-4-2/h18,20,27-28,44,46,52,54,57-58,61-62H,3-17,19,21-26,29-43,45,47-51,53,55-56H2,1-2H3,(H,60,63)/b20-18+,28-27-,46-44+,54-52+. The molecule has 0 aliphatic carbocycles. The Balaban J connectivity index is 3.46. The van der Waals surface area contributed by atoms with Gasteiger partial charge >= 0.3 is 0 Å². The molecule has 0 fully saturated rings. The van der Waals surface area contributed by atoms with E-state index in [4.69, 9.17) is 0 Å². The molecule has 0 saturated heterocycles. The summed E-state index contributed by atoms with van der Waals surface area (Å²) in [6.07, 6.45) is 75.7. The largest absolute Gasteiger partial charge is 0.394 e. The van der Waals surface area contributed by atoms with E-state index in [9.17, 15) is 15.0 Å². The molecule has 2 unspecified atom stereocenters. The third kappa shape index (κ3) is 51.2.